The SMILES string of the molecule is C[C@H](Oc1ccc(Cl)cc1Cl)C(=O)Nc1ccc(-c2nc3ncccc3o2)cc1. The molecular weight excluding hydrogens is 413 g/mol. The third kappa shape index (κ3) is 4.34. The Bertz CT molecular complexity index is 1140. The molecule has 2 aromatic carbocycles. The number of nitrogens with one attached hydrogen (secondary N) is 1. The van der Waals surface area contributed by atoms with E-state index in [1.54, 1.807) is 49.5 Å². The van der Waals surface area contributed by atoms with Crippen LogP contribution in [-0.4, -0.2) is 22.0 Å². The molecule has 0 fully saturated rings. The van der Waals surface area contributed by atoms with Gasteiger partial charge in [0.1, 0.15) is 5.75 Å². The first-order chi connectivity index (χ1) is 14.0. The van der Waals surface area contributed by atoms with Crippen LogP contribution in [0.15, 0.2) is 65.2 Å². The van der Waals surface area contributed by atoms with Crippen molar-refractivity contribution < 1.29 is 13.9 Å². The van der Waals surface area contributed by atoms with Crippen molar-refractivity contribution in [2.24, 2.45) is 0 Å². The highest BCUT2D eigenvalue weighted by molar-refractivity contribution is 6.35. The van der Waals surface area contributed by atoms with E-state index in [4.69, 9.17) is 32.4 Å². The zero-order chi connectivity index (χ0) is 20.4. The number of halogens is 2. The molecule has 6 nitrogen and oxygen atoms in total. The number of pyridine rings is 1. The molecule has 8 heteroatoms. The van der Waals surface area contributed by atoms with Crippen molar-refractivity contribution in [1.82, 2.24) is 9.97 Å². The van der Waals surface area contributed by atoms with Crippen LogP contribution < -0.4 is 10.1 Å². The number of benzene rings is 2. The van der Waals surface area contributed by atoms with Crippen LogP contribution >= 0.6 is 23.2 Å². The highest BCUT2D eigenvalue weighted by Crippen LogP contribution is 2.29. The van der Waals surface area contributed by atoms with Gasteiger partial charge in [-0.2, -0.15) is 4.98 Å². The molecule has 146 valence electrons. The van der Waals surface area contributed by atoms with Crippen molar-refractivity contribution >= 4 is 46.0 Å². The summed E-state index contributed by atoms with van der Waals surface area (Å²) in [5, 5.41) is 3.64. The highest BCUT2D eigenvalue weighted by Gasteiger charge is 2.17. The minimum atomic E-state index is -0.753. The van der Waals surface area contributed by atoms with Gasteiger partial charge in [-0.3, -0.25) is 4.79 Å². The lowest BCUT2D eigenvalue weighted by Gasteiger charge is -2.16. The lowest BCUT2D eigenvalue weighted by molar-refractivity contribution is -0.122. The maximum absolute atomic E-state index is 12.4. The van der Waals surface area contributed by atoms with E-state index in [-0.39, 0.29) is 5.91 Å². The van der Waals surface area contributed by atoms with Gasteiger partial charge in [-0.05, 0) is 61.5 Å². The molecule has 0 saturated carbocycles. The number of carbonyl (C=O) groups excluding carboxylic acids is 1. The molecule has 0 saturated heterocycles. The molecular formula is C21H15Cl2N3O3. The van der Waals surface area contributed by atoms with Crippen LogP contribution in [0.1, 0.15) is 6.92 Å². The molecule has 2 heterocycles. The fourth-order valence-corrected chi connectivity index (χ4v) is 3.10. The average Bonchev–Trinajstić information content (AvgIpc) is 3.15. The summed E-state index contributed by atoms with van der Waals surface area (Å²) in [7, 11) is 0. The number of oxazole rings is 1. The van der Waals surface area contributed by atoms with Gasteiger partial charge < -0.3 is 14.5 Å². The average molecular weight is 428 g/mol. The molecule has 0 aliphatic rings. The van der Waals surface area contributed by atoms with E-state index in [0.717, 1.165) is 5.56 Å². The summed E-state index contributed by atoms with van der Waals surface area (Å²) in [6, 6.07) is 15.6. The minimum Gasteiger partial charge on any atom is -0.479 e. The monoisotopic (exact) mass is 427 g/mol. The molecule has 0 aliphatic carbocycles. The fourth-order valence-electron chi connectivity index (χ4n) is 2.65. The Morgan fingerprint density at radius 1 is 1.14 bits per heavy atom. The van der Waals surface area contributed by atoms with Crippen LogP contribution in [0.4, 0.5) is 5.69 Å². The van der Waals surface area contributed by atoms with E-state index in [1.165, 1.54) is 0 Å². The first kappa shape index (κ1) is 19.2. The number of hydrogen-bond donors (Lipinski definition) is 1. The summed E-state index contributed by atoms with van der Waals surface area (Å²) in [5.74, 6) is 0.541. The molecule has 0 aliphatic heterocycles. The third-order valence-corrected chi connectivity index (χ3v) is 4.66. The standard InChI is InChI=1S/C21H15Cl2N3O3/c1-12(28-17-9-6-14(22)11-16(17)23)20(27)25-15-7-4-13(5-8-15)21-26-19-18(29-21)3-2-10-24-19/h2-12H,1H3,(H,25,27)/t12-/m0/s1. The largest absolute Gasteiger partial charge is 0.479 e. The summed E-state index contributed by atoms with van der Waals surface area (Å²) < 4.78 is 11.3. The van der Waals surface area contributed by atoms with Gasteiger partial charge in [0.25, 0.3) is 5.91 Å². The fraction of sp³-hybridized carbons (Fsp3) is 0.0952. The molecule has 0 unspecified atom stereocenters. The van der Waals surface area contributed by atoms with Gasteiger partial charge in [0.15, 0.2) is 17.3 Å². The quantitative estimate of drug-likeness (QED) is 0.448. The van der Waals surface area contributed by atoms with Crippen molar-refractivity contribution in [3.8, 4) is 17.2 Å². The summed E-state index contributed by atoms with van der Waals surface area (Å²) >= 11 is 12.0. The molecule has 29 heavy (non-hydrogen) atoms. The normalized spacial score (nSPS) is 12.0. The molecule has 2 aromatic heterocycles. The first-order valence-electron chi connectivity index (χ1n) is 8.74. The van der Waals surface area contributed by atoms with E-state index < -0.39 is 6.10 Å². The summed E-state index contributed by atoms with van der Waals surface area (Å²) in [4.78, 5) is 20.9. The Hall–Kier alpha value is -3.09. The van der Waals surface area contributed by atoms with Gasteiger partial charge in [-0.25, -0.2) is 4.98 Å². The van der Waals surface area contributed by atoms with Crippen molar-refractivity contribution in [2.75, 3.05) is 5.32 Å². The molecule has 0 spiro atoms. The van der Waals surface area contributed by atoms with E-state index in [9.17, 15) is 4.79 Å². The van der Waals surface area contributed by atoms with Crippen LogP contribution in [0, 0.1) is 0 Å². The van der Waals surface area contributed by atoms with Crippen molar-refractivity contribution in [2.45, 2.75) is 13.0 Å². The Balaban J connectivity index is 1.43. The summed E-state index contributed by atoms with van der Waals surface area (Å²) in [6.45, 7) is 1.64. The predicted octanol–water partition coefficient (Wildman–Crippen LogP) is 5.60. The molecule has 1 atom stereocenters. The van der Waals surface area contributed by atoms with Gasteiger partial charge in [-0.15, -0.1) is 0 Å². The Kier molecular flexibility index (Phi) is 5.38. The smallest absolute Gasteiger partial charge is 0.265 e. The number of amides is 1. The number of nitrogens with zero attached hydrogens (tertiary/aromatic N) is 2. The second-order valence-electron chi connectivity index (χ2n) is 6.25. The Morgan fingerprint density at radius 3 is 2.66 bits per heavy atom. The van der Waals surface area contributed by atoms with Crippen molar-refractivity contribution in [3.63, 3.8) is 0 Å². The topological polar surface area (TPSA) is 77.2 Å². The maximum atomic E-state index is 12.4. The second kappa shape index (κ2) is 8.11. The van der Waals surface area contributed by atoms with E-state index >= 15 is 0 Å². The highest BCUT2D eigenvalue weighted by atomic mass is 35.5. The molecule has 0 bridgehead atoms. The summed E-state index contributed by atoms with van der Waals surface area (Å²) in [6.07, 6.45) is 0.907. The Morgan fingerprint density at radius 2 is 1.93 bits per heavy atom. The van der Waals surface area contributed by atoms with Crippen LogP contribution in [0.25, 0.3) is 22.7 Å². The number of fused-ring (bicyclic) bond motifs is 1. The lowest BCUT2D eigenvalue weighted by Crippen LogP contribution is -2.30. The minimum absolute atomic E-state index is 0.310. The van der Waals surface area contributed by atoms with Gasteiger partial charge in [0.05, 0.1) is 5.02 Å². The zero-order valence-corrected chi connectivity index (χ0v) is 16.7. The Labute approximate surface area is 176 Å². The number of ether oxygens (including phenoxy) is 1. The van der Waals surface area contributed by atoms with E-state index in [0.29, 0.717) is 38.6 Å². The van der Waals surface area contributed by atoms with Crippen LogP contribution in [0.5, 0.6) is 5.75 Å². The number of hydrogen-bond acceptors (Lipinski definition) is 5. The molecule has 0 radical (unpaired) electrons. The molecule has 4 rings (SSSR count). The van der Waals surface area contributed by atoms with Crippen LogP contribution in [0.2, 0.25) is 10.0 Å². The van der Waals surface area contributed by atoms with Crippen molar-refractivity contribution in [1.29, 1.82) is 0 Å². The number of anilines is 1. The van der Waals surface area contributed by atoms with Gasteiger partial charge in [0, 0.05) is 22.5 Å². The molecule has 4 aromatic rings. The molecule has 1 N–H and O–H groups in total. The number of aromatic nitrogens is 2. The maximum Gasteiger partial charge on any atom is 0.265 e. The number of carbonyl (C=O) groups is 1. The van der Waals surface area contributed by atoms with E-state index in [1.807, 2.05) is 18.2 Å². The van der Waals surface area contributed by atoms with Gasteiger partial charge in [0.2, 0.25) is 5.89 Å². The van der Waals surface area contributed by atoms with Crippen molar-refractivity contribution in [3.05, 3.63) is 70.8 Å². The lowest BCUT2D eigenvalue weighted by atomic mass is 10.2. The first-order valence-corrected chi connectivity index (χ1v) is 9.50. The van der Waals surface area contributed by atoms with Crippen LogP contribution in [0.3, 0.4) is 0 Å². The molecule has 1 amide bonds. The van der Waals surface area contributed by atoms with Gasteiger partial charge in [-0.1, -0.05) is 23.2 Å². The predicted molar refractivity (Wildman–Crippen MR) is 112 cm³/mol. The van der Waals surface area contributed by atoms with Crippen LogP contribution in [-0.2, 0) is 4.79 Å². The zero-order valence-electron chi connectivity index (χ0n) is 15.2. The second-order valence-corrected chi connectivity index (χ2v) is 7.09. The number of rotatable bonds is 5. The van der Waals surface area contributed by atoms with E-state index in [2.05, 4.69) is 15.3 Å². The third-order valence-electron chi connectivity index (χ3n) is 4.13. The van der Waals surface area contributed by atoms with Gasteiger partial charge >= 0.3 is 0 Å². The summed E-state index contributed by atoms with van der Waals surface area (Å²) in [5.41, 5.74) is 2.56.